The average Bonchev–Trinajstić information content (AvgIpc) is 2.30. The maximum absolute atomic E-state index is 10.2. The molecule has 0 radical (unpaired) electrons. The first kappa shape index (κ1) is 8.06. The normalized spacial score (nSPS) is 9.80. The van der Waals surface area contributed by atoms with E-state index in [0.717, 1.165) is 12.1 Å². The van der Waals surface area contributed by atoms with Crippen LogP contribution in [0.15, 0.2) is 6.20 Å². The molecule has 1 heterocycles. The fourth-order valence-corrected chi connectivity index (χ4v) is 2.09. The van der Waals surface area contributed by atoms with Gasteiger partial charge in [0.2, 0.25) is 0 Å². The van der Waals surface area contributed by atoms with Gasteiger partial charge in [0, 0.05) is 36.5 Å². The molecule has 0 aliphatic rings. The van der Waals surface area contributed by atoms with Gasteiger partial charge in [0.1, 0.15) is 11.5 Å². The fraction of sp³-hybridized carbons (Fsp3) is 0.200. The van der Waals surface area contributed by atoms with Gasteiger partial charge in [0.15, 0.2) is 6.29 Å². The van der Waals surface area contributed by atoms with Crippen molar-refractivity contribution in [1.29, 1.82) is 0 Å². The summed E-state index contributed by atoms with van der Waals surface area (Å²) in [6.07, 6.45) is 2.45. The number of halogens is 1. The highest BCUT2D eigenvalue weighted by Crippen LogP contribution is 2.17. The second kappa shape index (κ2) is 3.38. The van der Waals surface area contributed by atoms with Gasteiger partial charge in [0.25, 0.3) is 0 Å². The van der Waals surface area contributed by atoms with Crippen LogP contribution < -0.4 is 0 Å². The van der Waals surface area contributed by atoms with E-state index in [0.29, 0.717) is 5.69 Å². The molecule has 1 aromatic rings. The molecule has 0 aromatic carbocycles. The highest BCUT2D eigenvalue weighted by atomic mass is 127. The van der Waals surface area contributed by atoms with Gasteiger partial charge >= 0.3 is 0 Å². The number of imidazole rings is 1. The SMILES string of the molecule is Cc1nc(C=O)cn1SI. The van der Waals surface area contributed by atoms with Crippen molar-refractivity contribution in [2.45, 2.75) is 6.92 Å². The molecule has 0 saturated carbocycles. The van der Waals surface area contributed by atoms with Gasteiger partial charge in [-0.2, -0.15) is 0 Å². The number of aromatic nitrogens is 2. The third kappa shape index (κ3) is 1.51. The third-order valence-electron chi connectivity index (χ3n) is 1.05. The molecule has 1 aromatic heterocycles. The van der Waals surface area contributed by atoms with E-state index in [1.165, 1.54) is 9.12 Å². The molecule has 0 spiro atoms. The molecule has 0 aliphatic carbocycles. The minimum atomic E-state index is 0.488. The molecule has 0 amide bonds. The van der Waals surface area contributed by atoms with Crippen LogP contribution in [0, 0.1) is 6.92 Å². The topological polar surface area (TPSA) is 34.9 Å². The lowest BCUT2D eigenvalue weighted by Crippen LogP contribution is -1.82. The molecule has 54 valence electrons. The Labute approximate surface area is 74.9 Å². The summed E-state index contributed by atoms with van der Waals surface area (Å²) in [5.74, 6) is 0.849. The minimum absolute atomic E-state index is 0.488. The second-order valence-electron chi connectivity index (χ2n) is 1.73. The van der Waals surface area contributed by atoms with E-state index in [1.54, 1.807) is 6.20 Å². The lowest BCUT2D eigenvalue weighted by Gasteiger charge is -1.91. The second-order valence-corrected chi connectivity index (χ2v) is 3.44. The van der Waals surface area contributed by atoms with E-state index in [9.17, 15) is 4.79 Å². The van der Waals surface area contributed by atoms with Gasteiger partial charge in [-0.3, -0.25) is 8.77 Å². The van der Waals surface area contributed by atoms with Gasteiger partial charge in [-0.1, -0.05) is 0 Å². The summed E-state index contributed by atoms with van der Waals surface area (Å²) in [5.41, 5.74) is 0.488. The molecule has 0 atom stereocenters. The van der Waals surface area contributed by atoms with Crippen LogP contribution in [0.3, 0.4) is 0 Å². The first-order valence-corrected chi connectivity index (χ1v) is 5.90. The average molecular weight is 268 g/mol. The van der Waals surface area contributed by atoms with Crippen molar-refractivity contribution < 1.29 is 4.79 Å². The molecular weight excluding hydrogens is 263 g/mol. The Morgan fingerprint density at radius 2 is 2.60 bits per heavy atom. The quantitative estimate of drug-likeness (QED) is 0.606. The molecule has 0 unspecified atom stereocenters. The maximum Gasteiger partial charge on any atom is 0.170 e. The molecule has 0 fully saturated rings. The van der Waals surface area contributed by atoms with Gasteiger partial charge in [-0.25, -0.2) is 4.98 Å². The van der Waals surface area contributed by atoms with Crippen LogP contribution in [0.25, 0.3) is 0 Å². The predicted octanol–water partition coefficient (Wildman–Crippen LogP) is 1.85. The molecule has 0 aliphatic heterocycles. The van der Waals surface area contributed by atoms with Crippen LogP contribution in [0.2, 0.25) is 0 Å². The zero-order valence-electron chi connectivity index (χ0n) is 5.24. The van der Waals surface area contributed by atoms with E-state index in [-0.39, 0.29) is 0 Å². The number of carbonyl (C=O) groups excluding carboxylic acids is 1. The van der Waals surface area contributed by atoms with Gasteiger partial charge in [-0.05, 0) is 6.92 Å². The maximum atomic E-state index is 10.2. The third-order valence-corrected chi connectivity index (χ3v) is 2.85. The number of aldehydes is 1. The Morgan fingerprint density at radius 3 is 2.90 bits per heavy atom. The van der Waals surface area contributed by atoms with Gasteiger partial charge < -0.3 is 0 Å². The number of carbonyl (C=O) groups is 1. The number of aryl methyl sites for hydroxylation is 1. The van der Waals surface area contributed by atoms with Crippen LogP contribution >= 0.6 is 30.3 Å². The Morgan fingerprint density at radius 1 is 1.90 bits per heavy atom. The number of rotatable bonds is 2. The highest BCUT2D eigenvalue weighted by molar-refractivity contribution is 14.2. The van der Waals surface area contributed by atoms with Crippen molar-refractivity contribution in [3.63, 3.8) is 0 Å². The zero-order valence-corrected chi connectivity index (χ0v) is 8.22. The van der Waals surface area contributed by atoms with Crippen LogP contribution in [0.5, 0.6) is 0 Å². The van der Waals surface area contributed by atoms with Crippen molar-refractivity contribution >= 4 is 36.6 Å². The minimum Gasteiger partial charge on any atom is -0.296 e. The predicted molar refractivity (Wildman–Crippen MR) is 49.4 cm³/mol. The number of hydrogen-bond acceptors (Lipinski definition) is 3. The molecule has 0 bridgehead atoms. The van der Waals surface area contributed by atoms with E-state index in [2.05, 4.69) is 26.2 Å². The summed E-state index contributed by atoms with van der Waals surface area (Å²) < 4.78 is 1.84. The molecular formula is C5H5IN2OS. The van der Waals surface area contributed by atoms with Crippen LogP contribution in [-0.2, 0) is 0 Å². The lowest BCUT2D eigenvalue weighted by molar-refractivity contribution is 0.111. The van der Waals surface area contributed by atoms with Crippen molar-refractivity contribution in [2.75, 3.05) is 0 Å². The standard InChI is InChI=1S/C5H5IN2OS/c1-4-7-5(3-9)2-8(4)10-6/h2-3H,1H3. The Bertz CT molecular complexity index is 248. The molecule has 3 nitrogen and oxygen atoms in total. The smallest absolute Gasteiger partial charge is 0.170 e. The Hall–Kier alpha value is -0.0400. The first-order chi connectivity index (χ1) is 4.77. The van der Waals surface area contributed by atoms with Crippen molar-refractivity contribution in [3.05, 3.63) is 17.7 Å². The Kier molecular flexibility index (Phi) is 2.72. The highest BCUT2D eigenvalue weighted by Gasteiger charge is 2.00. The first-order valence-electron chi connectivity index (χ1n) is 2.58. The summed E-state index contributed by atoms with van der Waals surface area (Å²) in [7, 11) is 1.50. The molecule has 5 heteroatoms. The van der Waals surface area contributed by atoms with Crippen LogP contribution in [-0.4, -0.2) is 15.2 Å². The number of nitrogens with zero attached hydrogens (tertiary/aromatic N) is 2. The zero-order chi connectivity index (χ0) is 7.56. The van der Waals surface area contributed by atoms with Gasteiger partial charge in [0.05, 0.1) is 0 Å². The lowest BCUT2D eigenvalue weighted by atomic mass is 10.6. The molecule has 0 saturated heterocycles. The fourth-order valence-electron chi connectivity index (χ4n) is 0.605. The van der Waals surface area contributed by atoms with E-state index in [1.807, 2.05) is 10.9 Å². The van der Waals surface area contributed by atoms with Crippen molar-refractivity contribution in [3.8, 4) is 0 Å². The summed E-state index contributed by atoms with van der Waals surface area (Å²) in [4.78, 5) is 14.2. The summed E-state index contributed by atoms with van der Waals surface area (Å²) in [6, 6.07) is 0. The van der Waals surface area contributed by atoms with E-state index >= 15 is 0 Å². The number of hydrogen-bond donors (Lipinski definition) is 0. The summed E-state index contributed by atoms with van der Waals surface area (Å²) in [5, 5.41) is 0. The monoisotopic (exact) mass is 268 g/mol. The van der Waals surface area contributed by atoms with Crippen molar-refractivity contribution in [1.82, 2.24) is 8.96 Å². The van der Waals surface area contributed by atoms with Crippen molar-refractivity contribution in [2.24, 2.45) is 0 Å². The van der Waals surface area contributed by atoms with E-state index < -0.39 is 0 Å². The van der Waals surface area contributed by atoms with Crippen LogP contribution in [0.1, 0.15) is 16.3 Å². The van der Waals surface area contributed by atoms with Crippen LogP contribution in [0.4, 0.5) is 0 Å². The molecule has 10 heavy (non-hydrogen) atoms. The molecule has 0 N–H and O–H groups in total. The Balaban J connectivity index is 3.03. The summed E-state index contributed by atoms with van der Waals surface area (Å²) >= 11 is 2.13. The van der Waals surface area contributed by atoms with Gasteiger partial charge in [-0.15, -0.1) is 0 Å². The van der Waals surface area contributed by atoms with E-state index in [4.69, 9.17) is 0 Å². The largest absolute Gasteiger partial charge is 0.296 e. The summed E-state index contributed by atoms with van der Waals surface area (Å²) in [6.45, 7) is 1.86. The molecule has 1 rings (SSSR count).